The Bertz CT molecular complexity index is 1050. The Morgan fingerprint density at radius 2 is 1.90 bits per heavy atom. The zero-order valence-electron chi connectivity index (χ0n) is 16.4. The smallest absolute Gasteiger partial charge is 0.416 e. The lowest BCUT2D eigenvalue weighted by Gasteiger charge is -2.13. The molecule has 30 heavy (non-hydrogen) atoms. The minimum Gasteiger partial charge on any atom is -0.497 e. The molecule has 2 aromatic carbocycles. The number of halogens is 3. The molecule has 1 heterocycles. The fourth-order valence-electron chi connectivity index (χ4n) is 2.66. The normalized spacial score (nSPS) is 12.5. The van der Waals surface area contributed by atoms with Crippen molar-refractivity contribution < 1.29 is 22.7 Å². The van der Waals surface area contributed by atoms with Gasteiger partial charge in [-0.2, -0.15) is 13.2 Å². The number of thioether (sulfide) groups is 1. The molecule has 158 valence electrons. The maximum absolute atomic E-state index is 12.8. The van der Waals surface area contributed by atoms with Gasteiger partial charge in [-0.3, -0.25) is 4.79 Å². The van der Waals surface area contributed by atoms with Crippen LogP contribution in [0.15, 0.2) is 53.7 Å². The van der Waals surface area contributed by atoms with Crippen LogP contribution in [0.4, 0.5) is 18.9 Å². The molecule has 3 aromatic rings. The van der Waals surface area contributed by atoms with Crippen LogP contribution in [0, 0.1) is 0 Å². The fraction of sp³-hybridized carbons (Fsp3) is 0.250. The third-order valence-corrected chi connectivity index (χ3v) is 5.41. The minimum atomic E-state index is -4.48. The van der Waals surface area contributed by atoms with Gasteiger partial charge in [0, 0.05) is 18.3 Å². The summed E-state index contributed by atoms with van der Waals surface area (Å²) in [6.07, 6.45) is -4.48. The van der Waals surface area contributed by atoms with Crippen LogP contribution in [0.1, 0.15) is 12.5 Å². The molecule has 0 radical (unpaired) electrons. The van der Waals surface area contributed by atoms with E-state index in [1.54, 1.807) is 25.6 Å². The summed E-state index contributed by atoms with van der Waals surface area (Å²) in [6, 6.07) is 11.8. The first-order valence-corrected chi connectivity index (χ1v) is 9.75. The van der Waals surface area contributed by atoms with Crippen LogP contribution in [0.25, 0.3) is 11.4 Å². The highest BCUT2D eigenvalue weighted by Crippen LogP contribution is 2.31. The summed E-state index contributed by atoms with van der Waals surface area (Å²) in [7, 11) is 3.34. The van der Waals surface area contributed by atoms with Crippen molar-refractivity contribution in [3.8, 4) is 17.1 Å². The second-order valence-corrected chi connectivity index (χ2v) is 7.73. The van der Waals surface area contributed by atoms with E-state index in [0.717, 1.165) is 29.5 Å². The molecule has 3 rings (SSSR count). The number of hydrogen-bond acceptors (Lipinski definition) is 5. The second-order valence-electron chi connectivity index (χ2n) is 6.43. The SMILES string of the molecule is COc1cccc(-c2nnc(S[C@H](C)C(=O)Nc3cccc(C(F)(F)F)c3)n2C)c1. The Balaban J connectivity index is 1.71. The molecule has 0 aliphatic heterocycles. The molecule has 0 saturated heterocycles. The second kappa shape index (κ2) is 8.78. The van der Waals surface area contributed by atoms with Gasteiger partial charge in [0.1, 0.15) is 5.75 Å². The number of benzene rings is 2. The van der Waals surface area contributed by atoms with E-state index in [9.17, 15) is 18.0 Å². The number of nitrogens with one attached hydrogen (secondary N) is 1. The van der Waals surface area contributed by atoms with E-state index in [1.807, 2.05) is 24.3 Å². The van der Waals surface area contributed by atoms with E-state index < -0.39 is 22.9 Å². The van der Waals surface area contributed by atoms with Crippen LogP contribution in [0.5, 0.6) is 5.75 Å². The average molecular weight is 436 g/mol. The number of nitrogens with zero attached hydrogens (tertiary/aromatic N) is 3. The van der Waals surface area contributed by atoms with Gasteiger partial charge in [-0.05, 0) is 37.3 Å². The Morgan fingerprint density at radius 3 is 2.60 bits per heavy atom. The molecule has 0 spiro atoms. The number of rotatable bonds is 6. The predicted molar refractivity (Wildman–Crippen MR) is 108 cm³/mol. The topological polar surface area (TPSA) is 69.0 Å². The number of anilines is 1. The number of amides is 1. The third kappa shape index (κ3) is 4.93. The van der Waals surface area contributed by atoms with Crippen molar-refractivity contribution in [1.29, 1.82) is 0 Å². The number of carbonyl (C=O) groups excluding carboxylic acids is 1. The molecule has 10 heteroatoms. The first-order valence-electron chi connectivity index (χ1n) is 8.87. The first kappa shape index (κ1) is 21.7. The van der Waals surface area contributed by atoms with Gasteiger partial charge in [-0.25, -0.2) is 0 Å². The Hall–Kier alpha value is -3.01. The lowest BCUT2D eigenvalue weighted by molar-refractivity contribution is -0.137. The van der Waals surface area contributed by atoms with Crippen molar-refractivity contribution in [2.24, 2.45) is 7.05 Å². The van der Waals surface area contributed by atoms with Crippen LogP contribution in [0.2, 0.25) is 0 Å². The summed E-state index contributed by atoms with van der Waals surface area (Å²) in [4.78, 5) is 12.5. The van der Waals surface area contributed by atoms with Crippen molar-refractivity contribution >= 4 is 23.4 Å². The van der Waals surface area contributed by atoms with Crippen molar-refractivity contribution in [1.82, 2.24) is 14.8 Å². The van der Waals surface area contributed by atoms with E-state index in [-0.39, 0.29) is 5.69 Å². The van der Waals surface area contributed by atoms with Crippen LogP contribution >= 0.6 is 11.8 Å². The van der Waals surface area contributed by atoms with Gasteiger partial charge in [0.25, 0.3) is 0 Å². The molecular formula is C20H19F3N4O2S. The summed E-state index contributed by atoms with van der Waals surface area (Å²) in [6.45, 7) is 1.65. The summed E-state index contributed by atoms with van der Waals surface area (Å²) in [5.74, 6) is 0.839. The first-order chi connectivity index (χ1) is 14.2. The molecule has 6 nitrogen and oxygen atoms in total. The zero-order valence-corrected chi connectivity index (χ0v) is 17.2. The lowest BCUT2D eigenvalue weighted by atomic mass is 10.2. The van der Waals surface area contributed by atoms with E-state index >= 15 is 0 Å². The monoisotopic (exact) mass is 436 g/mol. The van der Waals surface area contributed by atoms with Crippen molar-refractivity contribution in [3.05, 3.63) is 54.1 Å². The molecule has 0 saturated carbocycles. The quantitative estimate of drug-likeness (QED) is 0.571. The fourth-order valence-corrected chi connectivity index (χ4v) is 3.47. The molecular weight excluding hydrogens is 417 g/mol. The Labute approximate surface area is 175 Å². The molecule has 0 aliphatic rings. The number of ether oxygens (including phenoxy) is 1. The highest BCUT2D eigenvalue weighted by molar-refractivity contribution is 8.00. The van der Waals surface area contributed by atoms with Crippen molar-refractivity contribution in [2.45, 2.75) is 23.5 Å². The standard InChI is InChI=1S/C20H19F3N4O2S/c1-12(18(28)24-15-8-5-7-14(11-15)20(21,22)23)30-19-26-25-17(27(19)2)13-6-4-9-16(10-13)29-3/h4-12H,1-3H3,(H,24,28)/t12-/m1/s1. The van der Waals surface area contributed by atoms with E-state index in [2.05, 4.69) is 15.5 Å². The van der Waals surface area contributed by atoms with Crippen LogP contribution in [-0.2, 0) is 18.0 Å². The molecule has 1 aromatic heterocycles. The number of carbonyl (C=O) groups is 1. The third-order valence-electron chi connectivity index (χ3n) is 4.27. The molecule has 0 aliphatic carbocycles. The van der Waals surface area contributed by atoms with Gasteiger partial charge in [-0.15, -0.1) is 10.2 Å². The predicted octanol–water partition coefficient (Wildman–Crippen LogP) is 4.63. The highest BCUT2D eigenvalue weighted by Gasteiger charge is 2.30. The van der Waals surface area contributed by atoms with Crippen LogP contribution in [0.3, 0.4) is 0 Å². The van der Waals surface area contributed by atoms with Gasteiger partial charge < -0.3 is 14.6 Å². The summed E-state index contributed by atoms with van der Waals surface area (Å²) in [5.41, 5.74) is 0.0615. The minimum absolute atomic E-state index is 0.0808. The van der Waals surface area contributed by atoms with Crippen LogP contribution < -0.4 is 10.1 Å². The van der Waals surface area contributed by atoms with Gasteiger partial charge in [0.05, 0.1) is 17.9 Å². The highest BCUT2D eigenvalue weighted by atomic mass is 32.2. The lowest BCUT2D eigenvalue weighted by Crippen LogP contribution is -2.23. The molecule has 0 fully saturated rings. The number of hydrogen-bond donors (Lipinski definition) is 1. The van der Waals surface area contributed by atoms with Crippen molar-refractivity contribution in [2.75, 3.05) is 12.4 Å². The average Bonchev–Trinajstić information content (AvgIpc) is 3.07. The summed E-state index contributed by atoms with van der Waals surface area (Å²) >= 11 is 1.16. The number of methoxy groups -OCH3 is 1. The number of alkyl halides is 3. The Morgan fingerprint density at radius 1 is 1.17 bits per heavy atom. The Kier molecular flexibility index (Phi) is 6.35. The van der Waals surface area contributed by atoms with Gasteiger partial charge in [-0.1, -0.05) is 30.0 Å². The van der Waals surface area contributed by atoms with E-state index in [1.165, 1.54) is 12.1 Å². The number of aromatic nitrogens is 3. The molecule has 1 atom stereocenters. The molecule has 0 unspecified atom stereocenters. The summed E-state index contributed by atoms with van der Waals surface area (Å²) in [5, 5.41) is 10.7. The maximum Gasteiger partial charge on any atom is 0.416 e. The summed E-state index contributed by atoms with van der Waals surface area (Å²) < 4.78 is 45.5. The van der Waals surface area contributed by atoms with E-state index in [0.29, 0.717) is 16.7 Å². The van der Waals surface area contributed by atoms with E-state index in [4.69, 9.17) is 4.74 Å². The van der Waals surface area contributed by atoms with Gasteiger partial charge >= 0.3 is 6.18 Å². The molecule has 0 bridgehead atoms. The molecule has 1 N–H and O–H groups in total. The van der Waals surface area contributed by atoms with Crippen molar-refractivity contribution in [3.63, 3.8) is 0 Å². The molecule has 1 amide bonds. The largest absolute Gasteiger partial charge is 0.497 e. The van der Waals surface area contributed by atoms with Crippen LogP contribution in [-0.4, -0.2) is 33.0 Å². The zero-order chi connectivity index (χ0) is 21.9. The maximum atomic E-state index is 12.8. The van der Waals surface area contributed by atoms with Gasteiger partial charge in [0.2, 0.25) is 5.91 Å². The van der Waals surface area contributed by atoms with Gasteiger partial charge in [0.15, 0.2) is 11.0 Å².